The Morgan fingerprint density at radius 3 is 2.70 bits per heavy atom. The highest BCUT2D eigenvalue weighted by Gasteiger charge is 2.30. The molecule has 1 heterocycles. The Morgan fingerprint density at radius 1 is 1.40 bits per heavy atom. The zero-order chi connectivity index (χ0) is 14.9. The van der Waals surface area contributed by atoms with E-state index in [2.05, 4.69) is 30.7 Å². The van der Waals surface area contributed by atoms with Gasteiger partial charge in [-0.2, -0.15) is 0 Å². The fourth-order valence-corrected chi connectivity index (χ4v) is 2.75. The molecular formula is C15H22FN3S. The van der Waals surface area contributed by atoms with E-state index in [1.54, 1.807) is 6.07 Å². The zero-order valence-corrected chi connectivity index (χ0v) is 13.1. The molecule has 0 atom stereocenters. The topological polar surface area (TPSA) is 32.5 Å². The van der Waals surface area contributed by atoms with Gasteiger partial charge in [0.2, 0.25) is 0 Å². The quantitative estimate of drug-likeness (QED) is 0.865. The highest BCUT2D eigenvalue weighted by atomic mass is 32.1. The second-order valence-electron chi connectivity index (χ2n) is 6.12. The molecule has 0 spiro atoms. The molecule has 0 aliphatic carbocycles. The van der Waals surface area contributed by atoms with Gasteiger partial charge in [-0.1, -0.05) is 18.3 Å². The number of likely N-dealkylation sites (N-methyl/N-ethyl adjacent to an activating group) is 1. The Balaban J connectivity index is 2.11. The number of nitrogens with zero attached hydrogens (tertiary/aromatic N) is 2. The van der Waals surface area contributed by atoms with Crippen molar-refractivity contribution in [3.63, 3.8) is 0 Å². The summed E-state index contributed by atoms with van der Waals surface area (Å²) in [5, 5.41) is 0. The number of rotatable bonds is 3. The van der Waals surface area contributed by atoms with E-state index in [-0.39, 0.29) is 16.3 Å². The van der Waals surface area contributed by atoms with Gasteiger partial charge >= 0.3 is 0 Å². The van der Waals surface area contributed by atoms with Gasteiger partial charge in [0, 0.05) is 37.3 Å². The maximum Gasteiger partial charge on any atom is 0.133 e. The van der Waals surface area contributed by atoms with Gasteiger partial charge in [-0.05, 0) is 38.6 Å². The summed E-state index contributed by atoms with van der Waals surface area (Å²) in [6, 6.07) is 5.02. The lowest BCUT2D eigenvalue weighted by atomic mass is 9.99. The fourth-order valence-electron chi connectivity index (χ4n) is 2.59. The lowest BCUT2D eigenvalue weighted by Gasteiger charge is -2.45. The normalized spacial score (nSPS) is 20.0. The standard InChI is InChI=1S/C15H22FN3S/c1-15(2)10-19(7-6-18(15)3)9-11-4-5-13(16)12(8-11)14(17)20/h4-5,8H,6-7,9-10H2,1-3H3,(H2,17,20). The van der Waals surface area contributed by atoms with E-state index in [1.807, 2.05) is 6.07 Å². The SMILES string of the molecule is CN1CCN(Cc2ccc(F)c(C(N)=S)c2)CC1(C)C. The van der Waals surface area contributed by atoms with E-state index in [0.717, 1.165) is 31.7 Å². The average Bonchev–Trinajstić information content (AvgIpc) is 2.35. The average molecular weight is 295 g/mol. The lowest BCUT2D eigenvalue weighted by molar-refractivity contribution is 0.0360. The smallest absolute Gasteiger partial charge is 0.133 e. The predicted octanol–water partition coefficient (Wildman–Crippen LogP) is 1.99. The van der Waals surface area contributed by atoms with E-state index < -0.39 is 0 Å². The Labute approximate surface area is 125 Å². The van der Waals surface area contributed by atoms with Crippen LogP contribution in [0.15, 0.2) is 18.2 Å². The molecule has 0 radical (unpaired) electrons. The van der Waals surface area contributed by atoms with Crippen LogP contribution in [0.3, 0.4) is 0 Å². The summed E-state index contributed by atoms with van der Waals surface area (Å²) in [5.74, 6) is -0.347. The highest BCUT2D eigenvalue weighted by Crippen LogP contribution is 2.21. The third-order valence-electron chi connectivity index (χ3n) is 4.10. The molecule has 2 rings (SSSR count). The monoisotopic (exact) mass is 295 g/mol. The summed E-state index contributed by atoms with van der Waals surface area (Å²) in [4.78, 5) is 4.87. The Hall–Kier alpha value is -1.04. The molecule has 2 N–H and O–H groups in total. The van der Waals surface area contributed by atoms with Crippen LogP contribution in [0.4, 0.5) is 4.39 Å². The first-order chi connectivity index (χ1) is 9.29. The van der Waals surface area contributed by atoms with Gasteiger partial charge in [0.25, 0.3) is 0 Å². The summed E-state index contributed by atoms with van der Waals surface area (Å²) in [6.07, 6.45) is 0. The van der Waals surface area contributed by atoms with Crippen LogP contribution in [0.1, 0.15) is 25.0 Å². The summed E-state index contributed by atoms with van der Waals surface area (Å²) < 4.78 is 13.6. The molecule has 3 nitrogen and oxygen atoms in total. The van der Waals surface area contributed by atoms with Gasteiger partial charge in [-0.15, -0.1) is 0 Å². The number of hydrogen-bond donors (Lipinski definition) is 1. The van der Waals surface area contributed by atoms with E-state index in [4.69, 9.17) is 18.0 Å². The number of piperazine rings is 1. The van der Waals surface area contributed by atoms with Gasteiger partial charge in [0.1, 0.15) is 10.8 Å². The summed E-state index contributed by atoms with van der Waals surface area (Å²) in [6.45, 7) is 8.32. The largest absolute Gasteiger partial charge is 0.389 e. The van der Waals surface area contributed by atoms with Crippen LogP contribution in [0.5, 0.6) is 0 Å². The summed E-state index contributed by atoms with van der Waals surface area (Å²) >= 11 is 4.88. The Kier molecular flexibility index (Phi) is 4.42. The molecule has 1 aromatic carbocycles. The van der Waals surface area contributed by atoms with E-state index in [0.29, 0.717) is 5.56 Å². The maximum atomic E-state index is 13.6. The van der Waals surface area contributed by atoms with Crippen LogP contribution in [-0.4, -0.2) is 47.0 Å². The lowest BCUT2D eigenvalue weighted by Crippen LogP contribution is -2.57. The van der Waals surface area contributed by atoms with Crippen LogP contribution in [0.2, 0.25) is 0 Å². The molecule has 0 aromatic heterocycles. The van der Waals surface area contributed by atoms with Crippen molar-refractivity contribution in [2.75, 3.05) is 26.7 Å². The van der Waals surface area contributed by atoms with Crippen molar-refractivity contribution in [1.29, 1.82) is 0 Å². The van der Waals surface area contributed by atoms with Crippen LogP contribution in [0.25, 0.3) is 0 Å². The number of thiocarbonyl (C=S) groups is 1. The van der Waals surface area contributed by atoms with E-state index >= 15 is 0 Å². The number of nitrogens with two attached hydrogens (primary N) is 1. The minimum atomic E-state index is -0.347. The number of halogens is 1. The molecule has 0 unspecified atom stereocenters. The van der Waals surface area contributed by atoms with Crippen LogP contribution in [0, 0.1) is 5.82 Å². The summed E-state index contributed by atoms with van der Waals surface area (Å²) in [7, 11) is 2.15. The van der Waals surface area contributed by atoms with Crippen molar-refractivity contribution < 1.29 is 4.39 Å². The molecule has 0 amide bonds. The van der Waals surface area contributed by atoms with Crippen molar-refractivity contribution in [2.45, 2.75) is 25.9 Å². The minimum absolute atomic E-state index is 0.114. The highest BCUT2D eigenvalue weighted by molar-refractivity contribution is 7.80. The first kappa shape index (κ1) is 15.4. The minimum Gasteiger partial charge on any atom is -0.389 e. The second kappa shape index (κ2) is 5.76. The predicted molar refractivity (Wildman–Crippen MR) is 84.3 cm³/mol. The molecule has 110 valence electrons. The maximum absolute atomic E-state index is 13.6. The van der Waals surface area contributed by atoms with Gasteiger partial charge in [-0.25, -0.2) is 4.39 Å². The molecule has 1 aliphatic heterocycles. The van der Waals surface area contributed by atoms with Gasteiger partial charge in [0.15, 0.2) is 0 Å². The number of hydrogen-bond acceptors (Lipinski definition) is 3. The Morgan fingerprint density at radius 2 is 2.10 bits per heavy atom. The second-order valence-corrected chi connectivity index (χ2v) is 6.56. The van der Waals surface area contributed by atoms with Crippen LogP contribution in [-0.2, 0) is 6.54 Å². The van der Waals surface area contributed by atoms with Gasteiger partial charge < -0.3 is 5.73 Å². The first-order valence-electron chi connectivity index (χ1n) is 6.81. The molecule has 5 heteroatoms. The summed E-state index contributed by atoms with van der Waals surface area (Å²) in [5.41, 5.74) is 7.10. The molecule has 20 heavy (non-hydrogen) atoms. The van der Waals surface area contributed by atoms with Gasteiger partial charge in [-0.3, -0.25) is 9.80 Å². The number of benzene rings is 1. The molecule has 1 aliphatic rings. The van der Waals surface area contributed by atoms with Crippen molar-refractivity contribution in [3.8, 4) is 0 Å². The fraction of sp³-hybridized carbons (Fsp3) is 0.533. The Bertz CT molecular complexity index is 516. The van der Waals surface area contributed by atoms with Crippen molar-refractivity contribution in [1.82, 2.24) is 9.80 Å². The van der Waals surface area contributed by atoms with Gasteiger partial charge in [0.05, 0.1) is 0 Å². The van der Waals surface area contributed by atoms with Crippen LogP contribution >= 0.6 is 12.2 Å². The van der Waals surface area contributed by atoms with Crippen molar-refractivity contribution >= 4 is 17.2 Å². The third-order valence-corrected chi connectivity index (χ3v) is 4.32. The van der Waals surface area contributed by atoms with Crippen LogP contribution < -0.4 is 5.73 Å². The molecule has 1 aromatic rings. The van der Waals surface area contributed by atoms with Crippen molar-refractivity contribution in [2.24, 2.45) is 5.73 Å². The molecular weight excluding hydrogens is 273 g/mol. The molecule has 1 fully saturated rings. The van der Waals surface area contributed by atoms with E-state index in [1.165, 1.54) is 6.07 Å². The molecule has 0 saturated carbocycles. The molecule has 1 saturated heterocycles. The zero-order valence-electron chi connectivity index (χ0n) is 12.3. The van der Waals surface area contributed by atoms with Crippen molar-refractivity contribution in [3.05, 3.63) is 35.1 Å². The molecule has 0 bridgehead atoms. The third kappa shape index (κ3) is 3.34. The van der Waals surface area contributed by atoms with E-state index in [9.17, 15) is 4.39 Å². The first-order valence-corrected chi connectivity index (χ1v) is 7.22.